The van der Waals surface area contributed by atoms with Gasteiger partial charge < -0.3 is 14.6 Å². The highest BCUT2D eigenvalue weighted by Crippen LogP contribution is 2.57. The highest BCUT2D eigenvalue weighted by Gasteiger charge is 2.58. The Morgan fingerprint density at radius 2 is 1.78 bits per heavy atom. The van der Waals surface area contributed by atoms with Crippen LogP contribution in [0.4, 0.5) is 4.79 Å². The average molecular weight is 635 g/mol. The van der Waals surface area contributed by atoms with Gasteiger partial charge in [-0.3, -0.25) is 19.2 Å². The molecule has 37 heavy (non-hydrogen) atoms. The van der Waals surface area contributed by atoms with Crippen LogP contribution < -0.4 is 4.74 Å². The molecule has 0 saturated carbocycles. The predicted molar refractivity (Wildman–Crippen MR) is 136 cm³/mol. The Morgan fingerprint density at radius 1 is 1.08 bits per heavy atom. The molecule has 1 fully saturated rings. The molecule has 1 aromatic carbocycles. The topological polar surface area (TPSA) is 127 Å². The molecule has 192 valence electrons. The zero-order valence-corrected chi connectivity index (χ0v) is 23.1. The lowest BCUT2D eigenvalue weighted by molar-refractivity contribution is -0.137. The van der Waals surface area contributed by atoms with Crippen molar-refractivity contribution in [3.63, 3.8) is 0 Å². The number of ketones is 2. The van der Waals surface area contributed by atoms with E-state index in [1.165, 1.54) is 13.2 Å². The quantitative estimate of drug-likeness (QED) is 0.292. The number of hydrogen-bond donors (Lipinski definition) is 1. The third kappa shape index (κ3) is 3.58. The number of likely N-dealkylation sites (tertiary alicyclic amines) is 1. The largest absolute Gasteiger partial charge is 0.503 e. The minimum absolute atomic E-state index is 0.0800. The zero-order valence-electron chi connectivity index (χ0n) is 20.0. The van der Waals surface area contributed by atoms with Crippen molar-refractivity contribution in [2.45, 2.75) is 25.7 Å². The van der Waals surface area contributed by atoms with Crippen LogP contribution in [0.1, 0.15) is 31.2 Å². The number of ether oxygens (including phenoxy) is 2. The normalized spacial score (nSPS) is 26.9. The number of Topliss-reactive ketones (excluding diaryl/α,β-unsaturated/α-hetero) is 1. The van der Waals surface area contributed by atoms with Gasteiger partial charge in [0.25, 0.3) is 0 Å². The fraction of sp³-hybridized carbons (Fsp3) is 0.346. The van der Waals surface area contributed by atoms with Gasteiger partial charge in [-0.15, -0.1) is 0 Å². The molecule has 0 radical (unpaired) electrons. The van der Waals surface area contributed by atoms with Crippen molar-refractivity contribution in [1.29, 1.82) is 0 Å². The van der Waals surface area contributed by atoms with Gasteiger partial charge in [-0.25, -0.2) is 4.79 Å². The summed E-state index contributed by atoms with van der Waals surface area (Å²) in [6.07, 6.45) is 2.35. The molecule has 4 atom stereocenters. The summed E-state index contributed by atoms with van der Waals surface area (Å²) in [4.78, 5) is 65.9. The molecule has 3 amide bonds. The summed E-state index contributed by atoms with van der Waals surface area (Å²) < 4.78 is 10.8. The van der Waals surface area contributed by atoms with Gasteiger partial charge in [0, 0.05) is 27.1 Å². The van der Waals surface area contributed by atoms with Crippen molar-refractivity contribution in [1.82, 2.24) is 4.90 Å². The maximum Gasteiger partial charge on any atom is 0.423 e. The van der Waals surface area contributed by atoms with E-state index in [0.29, 0.717) is 30.6 Å². The number of phenolic OH excluding ortho intramolecular Hbond substituents is 1. The lowest BCUT2D eigenvalue weighted by atomic mass is 9.59. The molecule has 3 aliphatic carbocycles. The SMILES string of the molecule is COC(=O)N1C(=O)[C@H]2[C@H](CC=C3[C@H](c4cc(OC)c(O)c(Br)c4Br)C4=C(C[C@H]32)C(=O)C(C)=CC4=O)C1=O. The van der Waals surface area contributed by atoms with Crippen molar-refractivity contribution in [2.24, 2.45) is 17.8 Å². The standard InChI is InChI=1S/C26H21Br2NO8/c1-9-6-15(30)19-14(22(9)31)7-12-10(17(19)13-8-16(36-2)23(32)21(28)20(13)27)4-5-11-18(12)25(34)29(24(11)33)26(35)37-3/h4,6,8,11-12,17-18,32H,5,7H2,1-3H3/t11-,12+,17+,18-/m0/s1. The fourth-order valence-corrected chi connectivity index (χ4v) is 6.94. The molecule has 0 bridgehead atoms. The van der Waals surface area contributed by atoms with E-state index in [9.17, 15) is 29.1 Å². The molecule has 11 heteroatoms. The third-order valence-electron chi connectivity index (χ3n) is 7.62. The summed E-state index contributed by atoms with van der Waals surface area (Å²) >= 11 is 6.87. The second-order valence-electron chi connectivity index (χ2n) is 9.36. The second kappa shape index (κ2) is 9.05. The number of aromatic hydroxyl groups is 1. The molecular weight excluding hydrogens is 614 g/mol. The van der Waals surface area contributed by atoms with E-state index in [1.54, 1.807) is 13.0 Å². The van der Waals surface area contributed by atoms with Crippen LogP contribution in [-0.2, 0) is 23.9 Å². The number of methoxy groups -OCH3 is 2. The van der Waals surface area contributed by atoms with Gasteiger partial charge in [0.1, 0.15) is 0 Å². The molecule has 1 aliphatic heterocycles. The first-order chi connectivity index (χ1) is 17.5. The second-order valence-corrected chi connectivity index (χ2v) is 10.9. The molecule has 1 N–H and O–H groups in total. The summed E-state index contributed by atoms with van der Waals surface area (Å²) in [5.74, 6) is -4.97. The number of allylic oxidation sites excluding steroid dienone is 6. The number of phenols is 1. The van der Waals surface area contributed by atoms with Crippen molar-refractivity contribution >= 4 is 61.3 Å². The van der Waals surface area contributed by atoms with Crippen molar-refractivity contribution in [3.8, 4) is 11.5 Å². The molecule has 1 heterocycles. The molecule has 5 rings (SSSR count). The van der Waals surface area contributed by atoms with Crippen LogP contribution in [0.5, 0.6) is 11.5 Å². The Labute approximate surface area is 228 Å². The maximum atomic E-state index is 13.4. The van der Waals surface area contributed by atoms with Crippen molar-refractivity contribution < 1.29 is 38.6 Å². The lowest BCUT2D eigenvalue weighted by Crippen LogP contribution is -2.40. The van der Waals surface area contributed by atoms with E-state index in [2.05, 4.69) is 36.6 Å². The summed E-state index contributed by atoms with van der Waals surface area (Å²) in [5, 5.41) is 10.5. The number of rotatable bonds is 2. The molecular formula is C26H21Br2NO8. The van der Waals surface area contributed by atoms with Crippen LogP contribution in [-0.4, -0.2) is 53.7 Å². The van der Waals surface area contributed by atoms with E-state index in [4.69, 9.17) is 4.74 Å². The maximum absolute atomic E-state index is 13.4. The highest BCUT2D eigenvalue weighted by molar-refractivity contribution is 9.13. The van der Waals surface area contributed by atoms with Crippen LogP contribution in [0.15, 0.2) is 49.5 Å². The van der Waals surface area contributed by atoms with Gasteiger partial charge in [0.05, 0.1) is 30.5 Å². The van der Waals surface area contributed by atoms with Crippen LogP contribution >= 0.6 is 31.9 Å². The van der Waals surface area contributed by atoms with Gasteiger partial charge in [-0.05, 0) is 75.2 Å². The van der Waals surface area contributed by atoms with Crippen molar-refractivity contribution in [2.75, 3.05) is 14.2 Å². The Bertz CT molecular complexity index is 1420. The van der Waals surface area contributed by atoms with Gasteiger partial charge in [0.2, 0.25) is 11.8 Å². The van der Waals surface area contributed by atoms with E-state index < -0.39 is 41.6 Å². The number of carbonyl (C=O) groups excluding carboxylic acids is 5. The number of carbonyl (C=O) groups is 5. The summed E-state index contributed by atoms with van der Waals surface area (Å²) in [6.45, 7) is 1.56. The summed E-state index contributed by atoms with van der Waals surface area (Å²) in [6, 6.07) is 1.58. The molecule has 4 aliphatic rings. The molecule has 0 unspecified atom stereocenters. The lowest BCUT2D eigenvalue weighted by Gasteiger charge is -2.42. The number of hydrogen-bond acceptors (Lipinski definition) is 8. The van der Waals surface area contributed by atoms with E-state index in [-0.39, 0.29) is 47.1 Å². The first-order valence-corrected chi connectivity index (χ1v) is 13.0. The number of nitrogens with zero attached hydrogens (tertiary/aromatic N) is 1. The minimum Gasteiger partial charge on any atom is -0.503 e. The monoisotopic (exact) mass is 633 g/mol. The van der Waals surface area contributed by atoms with Crippen LogP contribution in [0.2, 0.25) is 0 Å². The Morgan fingerprint density at radius 3 is 2.43 bits per heavy atom. The first-order valence-electron chi connectivity index (χ1n) is 11.4. The third-order valence-corrected chi connectivity index (χ3v) is 9.78. The number of imide groups is 3. The average Bonchev–Trinajstić information content (AvgIpc) is 3.14. The van der Waals surface area contributed by atoms with E-state index >= 15 is 0 Å². The Hall–Kier alpha value is -3.05. The zero-order chi connectivity index (χ0) is 26.9. The first kappa shape index (κ1) is 25.6. The minimum atomic E-state index is -1.05. The molecule has 1 saturated heterocycles. The molecule has 0 spiro atoms. The number of benzene rings is 1. The summed E-state index contributed by atoms with van der Waals surface area (Å²) in [5.41, 5.74) is 2.10. The molecule has 1 aromatic rings. The fourth-order valence-electron chi connectivity index (χ4n) is 5.99. The van der Waals surface area contributed by atoms with Crippen LogP contribution in [0.25, 0.3) is 0 Å². The van der Waals surface area contributed by atoms with Gasteiger partial charge in [-0.1, -0.05) is 11.6 Å². The van der Waals surface area contributed by atoms with Crippen molar-refractivity contribution in [3.05, 3.63) is 55.0 Å². The van der Waals surface area contributed by atoms with Crippen LogP contribution in [0.3, 0.4) is 0 Å². The molecule has 9 nitrogen and oxygen atoms in total. The van der Waals surface area contributed by atoms with Crippen LogP contribution in [0, 0.1) is 17.8 Å². The number of amides is 3. The van der Waals surface area contributed by atoms with Gasteiger partial charge >= 0.3 is 6.09 Å². The smallest absolute Gasteiger partial charge is 0.423 e. The molecule has 0 aromatic heterocycles. The number of halogens is 2. The predicted octanol–water partition coefficient (Wildman–Crippen LogP) is 4.12. The highest BCUT2D eigenvalue weighted by atomic mass is 79.9. The summed E-state index contributed by atoms with van der Waals surface area (Å²) in [7, 11) is 2.49. The Kier molecular flexibility index (Phi) is 6.26. The Balaban J connectivity index is 1.74. The van der Waals surface area contributed by atoms with Gasteiger partial charge in [-0.2, -0.15) is 4.90 Å². The van der Waals surface area contributed by atoms with E-state index in [1.807, 2.05) is 6.08 Å². The number of fused-ring (bicyclic) bond motifs is 3. The van der Waals surface area contributed by atoms with Gasteiger partial charge in [0.15, 0.2) is 23.1 Å². The van der Waals surface area contributed by atoms with E-state index in [0.717, 1.165) is 7.11 Å².